The van der Waals surface area contributed by atoms with E-state index in [1.54, 1.807) is 0 Å². The number of hydrogen-bond acceptors (Lipinski definition) is 2. The zero-order chi connectivity index (χ0) is 9.26. The third-order valence-electron chi connectivity index (χ3n) is 2.08. The number of hydrogen-bond donors (Lipinski definition) is 0. The standard InChI is InChI=1S/C10H13N2P/c1-11-8-9-12(2)13(11)10-6-4-3-5-7-10/h3-9H,1-2H3. The van der Waals surface area contributed by atoms with E-state index in [0.29, 0.717) is 0 Å². The minimum absolute atomic E-state index is 0.307. The molecule has 68 valence electrons. The van der Waals surface area contributed by atoms with Crippen molar-refractivity contribution in [1.82, 2.24) is 9.34 Å². The van der Waals surface area contributed by atoms with E-state index in [0.717, 1.165) is 0 Å². The molecule has 0 aliphatic carbocycles. The van der Waals surface area contributed by atoms with Crippen molar-refractivity contribution in [3.05, 3.63) is 42.7 Å². The lowest BCUT2D eigenvalue weighted by molar-refractivity contribution is 0.720. The summed E-state index contributed by atoms with van der Waals surface area (Å²) in [5.74, 6) is 0. The fourth-order valence-electron chi connectivity index (χ4n) is 1.47. The van der Waals surface area contributed by atoms with E-state index in [2.05, 4.69) is 66.2 Å². The molecule has 0 atom stereocenters. The highest BCUT2D eigenvalue weighted by Crippen LogP contribution is 2.45. The Labute approximate surface area is 80.3 Å². The number of nitrogens with zero attached hydrogens (tertiary/aromatic N) is 2. The summed E-state index contributed by atoms with van der Waals surface area (Å²) in [5.41, 5.74) is 0. The van der Waals surface area contributed by atoms with Crippen LogP contribution in [0.2, 0.25) is 0 Å². The van der Waals surface area contributed by atoms with Crippen LogP contribution in [0.4, 0.5) is 0 Å². The van der Waals surface area contributed by atoms with Gasteiger partial charge in [0.15, 0.2) is 0 Å². The van der Waals surface area contributed by atoms with Crippen LogP contribution in [0.5, 0.6) is 0 Å². The maximum atomic E-state index is 2.27. The molecule has 0 radical (unpaired) electrons. The van der Waals surface area contributed by atoms with Gasteiger partial charge in [-0.05, 0) is 0 Å². The monoisotopic (exact) mass is 192 g/mol. The SMILES string of the molecule is CN1C=CN(C)P1c1ccccc1. The molecule has 1 aromatic rings. The van der Waals surface area contributed by atoms with Crippen LogP contribution in [0.3, 0.4) is 0 Å². The van der Waals surface area contributed by atoms with E-state index in [1.165, 1.54) is 5.30 Å². The molecule has 3 heteroatoms. The summed E-state index contributed by atoms with van der Waals surface area (Å²) in [4.78, 5) is 0. The Hall–Kier alpha value is -1.01. The average molecular weight is 192 g/mol. The van der Waals surface area contributed by atoms with Gasteiger partial charge in [0.05, 0.1) is 0 Å². The Morgan fingerprint density at radius 1 is 0.923 bits per heavy atom. The molecule has 1 aliphatic heterocycles. The maximum absolute atomic E-state index is 2.27. The fraction of sp³-hybridized carbons (Fsp3) is 0.200. The van der Waals surface area contributed by atoms with E-state index in [1.807, 2.05) is 0 Å². The van der Waals surface area contributed by atoms with Gasteiger partial charge in [-0.3, -0.25) is 0 Å². The van der Waals surface area contributed by atoms with Crippen LogP contribution >= 0.6 is 8.22 Å². The second kappa shape index (κ2) is 3.39. The molecule has 0 fully saturated rings. The van der Waals surface area contributed by atoms with Gasteiger partial charge < -0.3 is 9.34 Å². The van der Waals surface area contributed by atoms with E-state index in [9.17, 15) is 0 Å². The lowest BCUT2D eigenvalue weighted by Crippen LogP contribution is -2.17. The Kier molecular flexibility index (Phi) is 2.24. The maximum Gasteiger partial charge on any atom is 0.127 e. The number of rotatable bonds is 1. The largest absolute Gasteiger partial charge is 0.338 e. The molecule has 0 N–H and O–H groups in total. The summed E-state index contributed by atoms with van der Waals surface area (Å²) in [6, 6.07) is 10.6. The first kappa shape index (κ1) is 8.58. The van der Waals surface area contributed by atoms with Crippen molar-refractivity contribution in [3.63, 3.8) is 0 Å². The lowest BCUT2D eigenvalue weighted by atomic mass is 10.4. The molecule has 2 rings (SSSR count). The van der Waals surface area contributed by atoms with Gasteiger partial charge >= 0.3 is 0 Å². The van der Waals surface area contributed by atoms with Gasteiger partial charge in [-0.1, -0.05) is 30.3 Å². The molecule has 0 saturated heterocycles. The second-order valence-electron chi connectivity index (χ2n) is 3.07. The molecule has 1 aliphatic rings. The molecular weight excluding hydrogens is 179 g/mol. The lowest BCUT2D eigenvalue weighted by Gasteiger charge is -2.26. The Balaban J connectivity index is 2.27. The Morgan fingerprint density at radius 2 is 1.46 bits per heavy atom. The van der Waals surface area contributed by atoms with E-state index >= 15 is 0 Å². The van der Waals surface area contributed by atoms with Crippen LogP contribution in [0.1, 0.15) is 0 Å². The highest BCUT2D eigenvalue weighted by atomic mass is 31.1. The molecular formula is C10H13N2P. The van der Waals surface area contributed by atoms with Crippen LogP contribution in [-0.4, -0.2) is 23.4 Å². The Morgan fingerprint density at radius 3 is 2.00 bits per heavy atom. The van der Waals surface area contributed by atoms with Crippen molar-refractivity contribution < 1.29 is 0 Å². The summed E-state index contributed by atoms with van der Waals surface area (Å²) < 4.78 is 4.54. The van der Waals surface area contributed by atoms with Gasteiger partial charge in [0.25, 0.3) is 0 Å². The van der Waals surface area contributed by atoms with Gasteiger partial charge in [0, 0.05) is 31.8 Å². The van der Waals surface area contributed by atoms with Crippen molar-refractivity contribution in [3.8, 4) is 0 Å². The van der Waals surface area contributed by atoms with Crippen molar-refractivity contribution >= 4 is 13.5 Å². The quantitative estimate of drug-likeness (QED) is 0.628. The normalized spacial score (nSPS) is 17.1. The summed E-state index contributed by atoms with van der Waals surface area (Å²) in [6.07, 6.45) is 4.25. The molecule has 0 aromatic heterocycles. The van der Waals surface area contributed by atoms with Gasteiger partial charge in [-0.15, -0.1) is 0 Å². The van der Waals surface area contributed by atoms with Crippen LogP contribution < -0.4 is 5.30 Å². The highest BCUT2D eigenvalue weighted by Gasteiger charge is 2.22. The molecule has 0 saturated carbocycles. The fourth-order valence-corrected chi connectivity index (χ4v) is 3.45. The zero-order valence-electron chi connectivity index (χ0n) is 7.88. The molecule has 0 bridgehead atoms. The van der Waals surface area contributed by atoms with Gasteiger partial charge in [0.2, 0.25) is 0 Å². The molecule has 1 aromatic carbocycles. The predicted molar refractivity (Wildman–Crippen MR) is 57.7 cm³/mol. The van der Waals surface area contributed by atoms with Crippen LogP contribution in [-0.2, 0) is 0 Å². The zero-order valence-corrected chi connectivity index (χ0v) is 8.78. The first-order valence-electron chi connectivity index (χ1n) is 4.28. The minimum atomic E-state index is -0.307. The molecule has 2 nitrogen and oxygen atoms in total. The van der Waals surface area contributed by atoms with E-state index in [-0.39, 0.29) is 8.22 Å². The van der Waals surface area contributed by atoms with Crippen molar-refractivity contribution in [2.75, 3.05) is 14.1 Å². The third-order valence-corrected chi connectivity index (χ3v) is 4.30. The molecule has 0 unspecified atom stereocenters. The molecule has 0 spiro atoms. The van der Waals surface area contributed by atoms with E-state index < -0.39 is 0 Å². The first-order valence-corrected chi connectivity index (χ1v) is 5.53. The molecule has 1 heterocycles. The Bertz CT molecular complexity index is 298. The summed E-state index contributed by atoms with van der Waals surface area (Å²) in [6.45, 7) is 0. The topological polar surface area (TPSA) is 6.48 Å². The van der Waals surface area contributed by atoms with Gasteiger partial charge in [-0.2, -0.15) is 0 Å². The van der Waals surface area contributed by atoms with E-state index in [4.69, 9.17) is 0 Å². The molecule has 13 heavy (non-hydrogen) atoms. The summed E-state index contributed by atoms with van der Waals surface area (Å²) in [5, 5.41) is 1.40. The van der Waals surface area contributed by atoms with Crippen molar-refractivity contribution in [2.45, 2.75) is 0 Å². The highest BCUT2D eigenvalue weighted by molar-refractivity contribution is 7.61. The smallest absolute Gasteiger partial charge is 0.127 e. The third kappa shape index (κ3) is 1.54. The summed E-state index contributed by atoms with van der Waals surface area (Å²) in [7, 11) is 3.94. The number of benzene rings is 1. The average Bonchev–Trinajstić information content (AvgIpc) is 2.48. The van der Waals surface area contributed by atoms with Gasteiger partial charge in [-0.25, -0.2) is 0 Å². The van der Waals surface area contributed by atoms with Gasteiger partial charge in [0.1, 0.15) is 8.22 Å². The van der Waals surface area contributed by atoms with Crippen molar-refractivity contribution in [2.24, 2.45) is 0 Å². The molecule has 0 amide bonds. The van der Waals surface area contributed by atoms with Crippen LogP contribution in [0.25, 0.3) is 0 Å². The first-order chi connectivity index (χ1) is 6.29. The predicted octanol–water partition coefficient (Wildman–Crippen LogP) is 1.97. The van der Waals surface area contributed by atoms with Crippen LogP contribution in [0, 0.1) is 0 Å². The van der Waals surface area contributed by atoms with Crippen LogP contribution in [0.15, 0.2) is 42.7 Å². The van der Waals surface area contributed by atoms with Crippen molar-refractivity contribution in [1.29, 1.82) is 0 Å². The second-order valence-corrected chi connectivity index (χ2v) is 5.43. The summed E-state index contributed by atoms with van der Waals surface area (Å²) >= 11 is 0. The minimum Gasteiger partial charge on any atom is -0.338 e.